The lowest BCUT2D eigenvalue weighted by Gasteiger charge is -2.10. The molecule has 0 saturated heterocycles. The van der Waals surface area contributed by atoms with E-state index in [9.17, 15) is 14.0 Å². The quantitative estimate of drug-likeness (QED) is 0.828. The molecule has 2 N–H and O–H groups in total. The Morgan fingerprint density at radius 2 is 1.71 bits per heavy atom. The van der Waals surface area contributed by atoms with Crippen molar-refractivity contribution in [3.05, 3.63) is 65.0 Å². The Morgan fingerprint density at radius 1 is 1.04 bits per heavy atom. The first-order valence-corrected chi connectivity index (χ1v) is 7.50. The number of hydrazine groups is 1. The molecular weight excluding hydrogens is 311 g/mol. The molecule has 126 valence electrons. The molecule has 24 heavy (non-hydrogen) atoms. The Bertz CT molecular complexity index is 727. The fourth-order valence-electron chi connectivity index (χ4n) is 2.18. The van der Waals surface area contributed by atoms with Crippen molar-refractivity contribution in [2.45, 2.75) is 20.3 Å². The number of carbonyl (C=O) groups excluding carboxylic acids is 2. The predicted molar refractivity (Wildman–Crippen MR) is 88.0 cm³/mol. The van der Waals surface area contributed by atoms with Crippen LogP contribution in [0.5, 0.6) is 5.75 Å². The van der Waals surface area contributed by atoms with Gasteiger partial charge in [0.15, 0.2) is 0 Å². The van der Waals surface area contributed by atoms with E-state index in [1.54, 1.807) is 0 Å². The van der Waals surface area contributed by atoms with Crippen molar-refractivity contribution in [2.24, 2.45) is 0 Å². The second-order valence-corrected chi connectivity index (χ2v) is 5.40. The van der Waals surface area contributed by atoms with Gasteiger partial charge in [0.05, 0.1) is 18.6 Å². The van der Waals surface area contributed by atoms with Crippen LogP contribution in [0.25, 0.3) is 0 Å². The molecule has 0 fully saturated rings. The first-order chi connectivity index (χ1) is 11.5. The maximum atomic E-state index is 13.4. The summed E-state index contributed by atoms with van der Waals surface area (Å²) in [6, 6.07) is 11.3. The van der Waals surface area contributed by atoms with E-state index in [2.05, 4.69) is 10.9 Å². The van der Waals surface area contributed by atoms with Gasteiger partial charge in [-0.05, 0) is 49.2 Å². The Kier molecular flexibility index (Phi) is 5.89. The van der Waals surface area contributed by atoms with Gasteiger partial charge in [0.2, 0.25) is 5.91 Å². The van der Waals surface area contributed by atoms with Gasteiger partial charge in [-0.2, -0.15) is 0 Å². The highest BCUT2D eigenvalue weighted by molar-refractivity contribution is 5.95. The van der Waals surface area contributed by atoms with Crippen LogP contribution in [0.15, 0.2) is 42.5 Å². The summed E-state index contributed by atoms with van der Waals surface area (Å²) in [5.41, 5.74) is 6.42. The molecule has 0 bridgehead atoms. The summed E-state index contributed by atoms with van der Waals surface area (Å²) in [4.78, 5) is 23.4. The second kappa shape index (κ2) is 8.10. The lowest BCUT2D eigenvalue weighted by atomic mass is 10.1. The molecule has 0 heterocycles. The molecule has 6 heteroatoms. The average molecular weight is 330 g/mol. The molecule has 0 aromatic heterocycles. The third-order valence-corrected chi connectivity index (χ3v) is 3.23. The minimum Gasteiger partial charge on any atom is -0.493 e. The van der Waals surface area contributed by atoms with Crippen LogP contribution in [0.4, 0.5) is 4.39 Å². The molecule has 2 aromatic rings. The number of benzene rings is 2. The normalized spacial score (nSPS) is 10.1. The Morgan fingerprint density at radius 3 is 2.38 bits per heavy atom. The van der Waals surface area contributed by atoms with Gasteiger partial charge in [-0.15, -0.1) is 0 Å². The molecule has 0 atom stereocenters. The minimum absolute atomic E-state index is 0.0601. The number of aryl methyl sites for hydroxylation is 2. The molecule has 5 nitrogen and oxygen atoms in total. The van der Waals surface area contributed by atoms with Crippen molar-refractivity contribution in [3.63, 3.8) is 0 Å². The van der Waals surface area contributed by atoms with Crippen molar-refractivity contribution in [2.75, 3.05) is 6.61 Å². The summed E-state index contributed by atoms with van der Waals surface area (Å²) < 4.78 is 18.9. The van der Waals surface area contributed by atoms with Crippen LogP contribution in [-0.4, -0.2) is 18.4 Å². The highest BCUT2D eigenvalue weighted by Gasteiger charge is 2.11. The van der Waals surface area contributed by atoms with Crippen molar-refractivity contribution in [1.29, 1.82) is 0 Å². The number of nitrogens with one attached hydrogen (secondary N) is 2. The van der Waals surface area contributed by atoms with E-state index in [0.29, 0.717) is 5.75 Å². The van der Waals surface area contributed by atoms with Crippen LogP contribution < -0.4 is 15.6 Å². The molecule has 2 amide bonds. The fourth-order valence-corrected chi connectivity index (χ4v) is 2.18. The molecule has 0 aliphatic heterocycles. The van der Waals surface area contributed by atoms with Crippen LogP contribution in [0.1, 0.15) is 27.9 Å². The molecule has 0 radical (unpaired) electrons. The minimum atomic E-state index is -0.711. The first kappa shape index (κ1) is 17.5. The van der Waals surface area contributed by atoms with E-state index in [1.807, 2.05) is 32.0 Å². The molecule has 2 rings (SSSR count). The topological polar surface area (TPSA) is 67.4 Å². The summed E-state index contributed by atoms with van der Waals surface area (Å²) >= 11 is 0. The Hall–Kier alpha value is -2.89. The van der Waals surface area contributed by atoms with Gasteiger partial charge in [-0.25, -0.2) is 4.39 Å². The molecule has 0 aliphatic carbocycles. The number of rotatable bonds is 5. The van der Waals surface area contributed by atoms with Gasteiger partial charge in [0, 0.05) is 0 Å². The van der Waals surface area contributed by atoms with Gasteiger partial charge in [-0.1, -0.05) is 18.2 Å². The van der Waals surface area contributed by atoms with Gasteiger partial charge in [-0.3, -0.25) is 20.4 Å². The van der Waals surface area contributed by atoms with Crippen LogP contribution >= 0.6 is 0 Å². The lowest BCUT2D eigenvalue weighted by molar-refractivity contribution is -0.122. The molecule has 0 saturated carbocycles. The molecule has 2 aromatic carbocycles. The number of halogens is 1. The third kappa shape index (κ3) is 5.08. The Balaban J connectivity index is 1.75. The van der Waals surface area contributed by atoms with Crippen LogP contribution in [0.2, 0.25) is 0 Å². The number of ether oxygens (including phenoxy) is 1. The molecule has 0 aliphatic rings. The lowest BCUT2D eigenvalue weighted by Crippen LogP contribution is -2.42. The van der Waals surface area contributed by atoms with E-state index in [4.69, 9.17) is 4.74 Å². The van der Waals surface area contributed by atoms with Crippen molar-refractivity contribution < 1.29 is 18.7 Å². The largest absolute Gasteiger partial charge is 0.493 e. The summed E-state index contributed by atoms with van der Waals surface area (Å²) in [7, 11) is 0. The van der Waals surface area contributed by atoms with E-state index in [-0.39, 0.29) is 18.6 Å². The number of hydrogen-bond acceptors (Lipinski definition) is 3. The molecule has 0 unspecified atom stereocenters. The third-order valence-electron chi connectivity index (χ3n) is 3.23. The van der Waals surface area contributed by atoms with Gasteiger partial charge < -0.3 is 4.74 Å². The zero-order valence-corrected chi connectivity index (χ0v) is 13.6. The standard InChI is InChI=1S/C18H19FN2O3/c1-12-9-13(2)11-14(10-12)24-8-7-17(22)20-21-18(23)15-5-3-4-6-16(15)19/h3-6,9-11H,7-8H2,1-2H3,(H,20,22)(H,21,23). The van der Waals surface area contributed by atoms with E-state index < -0.39 is 17.6 Å². The summed E-state index contributed by atoms with van der Waals surface area (Å²) in [5.74, 6) is -1.10. The summed E-state index contributed by atoms with van der Waals surface area (Å²) in [6.07, 6.45) is 0.0601. The molecule has 0 spiro atoms. The van der Waals surface area contributed by atoms with E-state index in [0.717, 1.165) is 11.1 Å². The monoisotopic (exact) mass is 330 g/mol. The first-order valence-electron chi connectivity index (χ1n) is 7.50. The zero-order valence-electron chi connectivity index (χ0n) is 13.6. The maximum absolute atomic E-state index is 13.4. The van der Waals surface area contributed by atoms with Crippen molar-refractivity contribution in [3.8, 4) is 5.75 Å². The Labute approximate surface area is 139 Å². The highest BCUT2D eigenvalue weighted by Crippen LogP contribution is 2.16. The number of carbonyl (C=O) groups is 2. The highest BCUT2D eigenvalue weighted by atomic mass is 19.1. The number of amides is 2. The summed E-state index contributed by atoms with van der Waals surface area (Å²) in [6.45, 7) is 4.10. The van der Waals surface area contributed by atoms with Crippen molar-refractivity contribution in [1.82, 2.24) is 10.9 Å². The van der Waals surface area contributed by atoms with Gasteiger partial charge in [0.25, 0.3) is 5.91 Å². The van der Waals surface area contributed by atoms with E-state index >= 15 is 0 Å². The van der Waals surface area contributed by atoms with Gasteiger partial charge in [0.1, 0.15) is 11.6 Å². The molecular formula is C18H19FN2O3. The van der Waals surface area contributed by atoms with Crippen LogP contribution in [-0.2, 0) is 4.79 Å². The van der Waals surface area contributed by atoms with Gasteiger partial charge >= 0.3 is 0 Å². The SMILES string of the molecule is Cc1cc(C)cc(OCCC(=O)NNC(=O)c2ccccc2F)c1. The fraction of sp³-hybridized carbons (Fsp3) is 0.222. The van der Waals surface area contributed by atoms with Crippen LogP contribution in [0, 0.1) is 19.7 Å². The zero-order chi connectivity index (χ0) is 17.5. The average Bonchev–Trinajstić information content (AvgIpc) is 2.52. The van der Waals surface area contributed by atoms with E-state index in [1.165, 1.54) is 24.3 Å². The van der Waals surface area contributed by atoms with Crippen molar-refractivity contribution >= 4 is 11.8 Å². The maximum Gasteiger partial charge on any atom is 0.272 e. The smallest absolute Gasteiger partial charge is 0.272 e. The second-order valence-electron chi connectivity index (χ2n) is 5.40. The predicted octanol–water partition coefficient (Wildman–Crippen LogP) is 2.67. The summed E-state index contributed by atoms with van der Waals surface area (Å²) in [5, 5.41) is 0. The number of hydrogen-bond donors (Lipinski definition) is 2. The van der Waals surface area contributed by atoms with Crippen LogP contribution in [0.3, 0.4) is 0 Å².